The third-order valence-corrected chi connectivity index (χ3v) is 7.31. The Bertz CT molecular complexity index is 1240. The standard InChI is InChI=1S/C27H26ClN5O2/c1-17(28)6-9-27(13-18-7-10-30-11-8-18)26(35)33(25-21-15-31-16-22(21)25)24(32-27)12-23(34)20-4-2-19(14-29)3-5-20/h2-8,10-12,21-22,25,31-32H,9,13,15-16H2,1H3. The molecular weight excluding hydrogens is 462 g/mol. The summed E-state index contributed by atoms with van der Waals surface area (Å²) in [5, 5.41) is 16.5. The molecule has 5 rings (SSSR count). The molecule has 35 heavy (non-hydrogen) atoms. The number of nitriles is 1. The lowest BCUT2D eigenvalue weighted by atomic mass is 9.87. The Kier molecular flexibility index (Phi) is 6.18. The molecule has 3 aliphatic rings. The topological polar surface area (TPSA) is 98.1 Å². The minimum atomic E-state index is -0.960. The van der Waals surface area contributed by atoms with Gasteiger partial charge in [0, 0.05) is 54.6 Å². The van der Waals surface area contributed by atoms with Crippen LogP contribution >= 0.6 is 11.6 Å². The molecule has 2 N–H and O–H groups in total. The number of amides is 1. The van der Waals surface area contributed by atoms with E-state index in [1.165, 1.54) is 6.08 Å². The summed E-state index contributed by atoms with van der Waals surface area (Å²) in [5.41, 5.74) is 0.964. The van der Waals surface area contributed by atoms with Crippen molar-refractivity contribution in [1.29, 1.82) is 5.26 Å². The lowest BCUT2D eigenvalue weighted by molar-refractivity contribution is -0.132. The molecule has 2 aromatic rings. The maximum Gasteiger partial charge on any atom is 0.254 e. The van der Waals surface area contributed by atoms with E-state index in [1.54, 1.807) is 43.6 Å². The molecule has 1 aliphatic carbocycles. The van der Waals surface area contributed by atoms with Crippen LogP contribution in [-0.2, 0) is 11.2 Å². The summed E-state index contributed by atoms with van der Waals surface area (Å²) >= 11 is 6.18. The number of rotatable bonds is 7. The molecule has 3 fully saturated rings. The number of allylic oxidation sites excluding steroid dienone is 2. The number of nitrogens with one attached hydrogen (secondary N) is 2. The number of nitrogens with zero attached hydrogens (tertiary/aromatic N) is 3. The fourth-order valence-corrected chi connectivity index (χ4v) is 5.36. The van der Waals surface area contributed by atoms with E-state index in [0.717, 1.165) is 18.7 Å². The Hall–Kier alpha value is -3.47. The van der Waals surface area contributed by atoms with E-state index in [1.807, 2.05) is 23.1 Å². The van der Waals surface area contributed by atoms with E-state index in [0.29, 0.717) is 46.7 Å². The van der Waals surface area contributed by atoms with Crippen LogP contribution in [0.3, 0.4) is 0 Å². The van der Waals surface area contributed by atoms with Crippen molar-refractivity contribution in [2.45, 2.75) is 31.3 Å². The minimum absolute atomic E-state index is 0.0400. The van der Waals surface area contributed by atoms with Crippen LogP contribution in [0.15, 0.2) is 71.8 Å². The number of halogens is 1. The molecule has 3 atom stereocenters. The van der Waals surface area contributed by atoms with Crippen molar-refractivity contribution in [2.24, 2.45) is 11.8 Å². The van der Waals surface area contributed by atoms with Crippen molar-refractivity contribution in [3.05, 3.63) is 88.5 Å². The van der Waals surface area contributed by atoms with Gasteiger partial charge in [-0.25, -0.2) is 0 Å². The summed E-state index contributed by atoms with van der Waals surface area (Å²) in [5.74, 6) is 1.04. The number of benzene rings is 1. The van der Waals surface area contributed by atoms with Crippen LogP contribution < -0.4 is 10.6 Å². The summed E-state index contributed by atoms with van der Waals surface area (Å²) in [6.45, 7) is 3.53. The Balaban J connectivity index is 1.53. The van der Waals surface area contributed by atoms with Crippen molar-refractivity contribution >= 4 is 23.3 Å². The SMILES string of the molecule is CC(Cl)=CCC1(Cc2ccncc2)NC(=CC(=O)c2ccc(C#N)cc2)N(C2C3CNCC32)C1=O. The van der Waals surface area contributed by atoms with Gasteiger partial charge in [0.25, 0.3) is 5.91 Å². The highest BCUT2D eigenvalue weighted by atomic mass is 35.5. The van der Waals surface area contributed by atoms with E-state index in [2.05, 4.69) is 21.7 Å². The van der Waals surface area contributed by atoms with Crippen LogP contribution in [0.2, 0.25) is 0 Å². The average Bonchev–Trinajstić information content (AvgIpc) is 3.19. The molecule has 1 aromatic heterocycles. The molecule has 3 heterocycles. The van der Waals surface area contributed by atoms with Crippen LogP contribution in [0.5, 0.6) is 0 Å². The largest absolute Gasteiger partial charge is 0.357 e. The number of pyridine rings is 1. The zero-order chi connectivity index (χ0) is 24.6. The highest BCUT2D eigenvalue weighted by Gasteiger charge is 2.62. The molecule has 8 heteroatoms. The van der Waals surface area contributed by atoms with Gasteiger partial charge in [-0.15, -0.1) is 0 Å². The number of fused-ring (bicyclic) bond motifs is 1. The van der Waals surface area contributed by atoms with Crippen molar-refractivity contribution in [3.8, 4) is 6.07 Å². The first-order valence-electron chi connectivity index (χ1n) is 11.7. The summed E-state index contributed by atoms with van der Waals surface area (Å²) in [7, 11) is 0. The van der Waals surface area contributed by atoms with Gasteiger partial charge in [0.05, 0.1) is 11.6 Å². The Labute approximate surface area is 209 Å². The monoisotopic (exact) mass is 487 g/mol. The van der Waals surface area contributed by atoms with E-state index in [9.17, 15) is 9.59 Å². The van der Waals surface area contributed by atoms with E-state index < -0.39 is 5.54 Å². The predicted octanol–water partition coefficient (Wildman–Crippen LogP) is 3.14. The molecule has 0 bridgehead atoms. The molecular formula is C27H26ClN5O2. The van der Waals surface area contributed by atoms with Gasteiger partial charge in [-0.2, -0.15) is 5.26 Å². The number of carbonyl (C=O) groups is 2. The quantitative estimate of drug-likeness (QED) is 0.460. The molecule has 2 saturated heterocycles. The van der Waals surface area contributed by atoms with Crippen molar-refractivity contribution in [2.75, 3.05) is 13.1 Å². The second-order valence-corrected chi connectivity index (χ2v) is 10.1. The fraction of sp³-hybridized carbons (Fsp3) is 0.333. The van der Waals surface area contributed by atoms with Gasteiger partial charge in [0.2, 0.25) is 0 Å². The summed E-state index contributed by atoms with van der Waals surface area (Å²) in [6.07, 6.45) is 7.63. The molecule has 0 radical (unpaired) electrons. The third kappa shape index (κ3) is 4.47. The van der Waals surface area contributed by atoms with Gasteiger partial charge < -0.3 is 10.6 Å². The predicted molar refractivity (Wildman–Crippen MR) is 132 cm³/mol. The zero-order valence-corrected chi connectivity index (χ0v) is 20.1. The van der Waals surface area contributed by atoms with Gasteiger partial charge in [-0.1, -0.05) is 17.7 Å². The van der Waals surface area contributed by atoms with Crippen LogP contribution in [0.1, 0.15) is 34.8 Å². The number of aromatic nitrogens is 1. The minimum Gasteiger partial charge on any atom is -0.357 e. The molecule has 1 aromatic carbocycles. The van der Waals surface area contributed by atoms with Crippen LogP contribution in [0.25, 0.3) is 0 Å². The van der Waals surface area contributed by atoms with Crippen LogP contribution in [0.4, 0.5) is 0 Å². The van der Waals surface area contributed by atoms with Crippen molar-refractivity contribution in [3.63, 3.8) is 0 Å². The highest BCUT2D eigenvalue weighted by Crippen LogP contribution is 2.49. The molecule has 1 amide bonds. The average molecular weight is 488 g/mol. The second-order valence-electron chi connectivity index (χ2n) is 9.47. The Morgan fingerprint density at radius 1 is 1.23 bits per heavy atom. The smallest absolute Gasteiger partial charge is 0.254 e. The van der Waals surface area contributed by atoms with Gasteiger partial charge in [-0.05, 0) is 67.1 Å². The number of hydrogen-bond donors (Lipinski definition) is 2. The lowest BCUT2D eigenvalue weighted by Crippen LogP contribution is -2.49. The summed E-state index contributed by atoms with van der Waals surface area (Å²) in [4.78, 5) is 33.2. The van der Waals surface area contributed by atoms with Crippen molar-refractivity contribution < 1.29 is 9.59 Å². The van der Waals surface area contributed by atoms with E-state index in [-0.39, 0.29) is 17.7 Å². The van der Waals surface area contributed by atoms with Crippen molar-refractivity contribution in [1.82, 2.24) is 20.5 Å². The molecule has 3 unspecified atom stereocenters. The van der Waals surface area contributed by atoms with Crippen LogP contribution in [-0.4, -0.2) is 46.2 Å². The Morgan fingerprint density at radius 2 is 1.91 bits per heavy atom. The molecule has 0 spiro atoms. The summed E-state index contributed by atoms with van der Waals surface area (Å²) < 4.78 is 0. The van der Waals surface area contributed by atoms with E-state index >= 15 is 0 Å². The summed E-state index contributed by atoms with van der Waals surface area (Å²) in [6, 6.07) is 12.4. The van der Waals surface area contributed by atoms with Gasteiger partial charge in [0.1, 0.15) is 11.4 Å². The first-order valence-corrected chi connectivity index (χ1v) is 12.1. The molecule has 1 saturated carbocycles. The number of piperidine rings is 1. The van der Waals surface area contributed by atoms with Crippen LogP contribution in [0, 0.1) is 23.2 Å². The maximum absolute atomic E-state index is 14.1. The molecule has 178 valence electrons. The zero-order valence-electron chi connectivity index (χ0n) is 19.4. The normalized spacial score (nSPS) is 28.5. The first-order chi connectivity index (χ1) is 16.9. The highest BCUT2D eigenvalue weighted by molar-refractivity contribution is 6.29. The third-order valence-electron chi connectivity index (χ3n) is 7.15. The second kappa shape index (κ2) is 9.29. The molecule has 2 aliphatic heterocycles. The lowest BCUT2D eigenvalue weighted by Gasteiger charge is -2.27. The number of carbonyl (C=O) groups excluding carboxylic acids is 2. The maximum atomic E-state index is 14.1. The molecule has 7 nitrogen and oxygen atoms in total. The number of hydrogen-bond acceptors (Lipinski definition) is 6. The first kappa shape index (κ1) is 23.3. The van der Waals surface area contributed by atoms with Gasteiger partial charge in [0.15, 0.2) is 5.78 Å². The van der Waals surface area contributed by atoms with E-state index in [4.69, 9.17) is 16.9 Å². The fourth-order valence-electron chi connectivity index (χ4n) is 5.28. The number of ketones is 1. The Morgan fingerprint density at radius 3 is 2.54 bits per heavy atom. The van der Waals surface area contributed by atoms with Gasteiger partial charge >= 0.3 is 0 Å². The van der Waals surface area contributed by atoms with Gasteiger partial charge in [-0.3, -0.25) is 19.5 Å².